The van der Waals surface area contributed by atoms with Gasteiger partial charge in [-0.25, -0.2) is 4.79 Å². The summed E-state index contributed by atoms with van der Waals surface area (Å²) in [5.41, 5.74) is 2.95. The zero-order chi connectivity index (χ0) is 15.7. The third-order valence-corrected chi connectivity index (χ3v) is 3.96. The smallest absolute Gasteiger partial charge is 0.338 e. The maximum atomic E-state index is 12.7. The molecule has 0 spiro atoms. The Bertz CT molecular complexity index is 732. The van der Waals surface area contributed by atoms with Crippen molar-refractivity contribution in [3.63, 3.8) is 0 Å². The summed E-state index contributed by atoms with van der Waals surface area (Å²) in [6.45, 7) is 2.45. The van der Waals surface area contributed by atoms with Gasteiger partial charge >= 0.3 is 5.97 Å². The van der Waals surface area contributed by atoms with Crippen LogP contribution in [0.5, 0.6) is 0 Å². The minimum absolute atomic E-state index is 0.175. The van der Waals surface area contributed by atoms with Gasteiger partial charge in [0.2, 0.25) is 0 Å². The summed E-state index contributed by atoms with van der Waals surface area (Å²) in [7, 11) is 1.36. The molecule has 0 saturated heterocycles. The standard InChI is InChI=1S/C17H17NO4/c1-11-8-10-22-15(11)16(19)18-9-4-6-12-13(17(20)21-2)5-3-7-14(12)18/h3,5,7-8,10H,4,6,9H2,1-2H3. The molecule has 2 heterocycles. The van der Waals surface area contributed by atoms with E-state index in [9.17, 15) is 9.59 Å². The summed E-state index contributed by atoms with van der Waals surface area (Å²) < 4.78 is 10.1. The van der Waals surface area contributed by atoms with Gasteiger partial charge in [0.25, 0.3) is 5.91 Å². The van der Waals surface area contributed by atoms with Crippen LogP contribution in [0.15, 0.2) is 34.9 Å². The molecule has 22 heavy (non-hydrogen) atoms. The van der Waals surface area contributed by atoms with Crippen LogP contribution in [0.25, 0.3) is 0 Å². The third kappa shape index (κ3) is 2.28. The van der Waals surface area contributed by atoms with Gasteiger partial charge in [-0.15, -0.1) is 0 Å². The van der Waals surface area contributed by atoms with Crippen molar-refractivity contribution in [2.45, 2.75) is 19.8 Å². The van der Waals surface area contributed by atoms with Crippen molar-refractivity contribution < 1.29 is 18.7 Å². The summed E-state index contributed by atoms with van der Waals surface area (Å²) in [6, 6.07) is 7.13. The predicted molar refractivity (Wildman–Crippen MR) is 81.2 cm³/mol. The van der Waals surface area contributed by atoms with E-state index in [2.05, 4.69) is 0 Å². The lowest BCUT2D eigenvalue weighted by Crippen LogP contribution is -2.36. The number of esters is 1. The quantitative estimate of drug-likeness (QED) is 0.800. The molecule has 1 aromatic heterocycles. The van der Waals surface area contributed by atoms with Crippen molar-refractivity contribution in [3.8, 4) is 0 Å². The molecule has 1 aliphatic heterocycles. The van der Waals surface area contributed by atoms with Crippen molar-refractivity contribution in [2.75, 3.05) is 18.6 Å². The first-order chi connectivity index (χ1) is 10.6. The van der Waals surface area contributed by atoms with Gasteiger partial charge in [0.15, 0.2) is 5.76 Å². The molecule has 3 rings (SSSR count). The van der Waals surface area contributed by atoms with Crippen LogP contribution in [0.3, 0.4) is 0 Å². The minimum Gasteiger partial charge on any atom is -0.465 e. The topological polar surface area (TPSA) is 59.8 Å². The lowest BCUT2D eigenvalue weighted by atomic mass is 9.96. The SMILES string of the molecule is COC(=O)c1cccc2c1CCCN2C(=O)c1occc1C. The summed E-state index contributed by atoms with van der Waals surface area (Å²) >= 11 is 0. The normalized spacial score (nSPS) is 13.6. The fourth-order valence-electron chi connectivity index (χ4n) is 2.85. The molecule has 0 atom stereocenters. The third-order valence-electron chi connectivity index (χ3n) is 3.96. The Morgan fingerprint density at radius 2 is 2.09 bits per heavy atom. The first-order valence-corrected chi connectivity index (χ1v) is 7.19. The largest absolute Gasteiger partial charge is 0.465 e. The van der Waals surface area contributed by atoms with Gasteiger partial charge in [0, 0.05) is 17.8 Å². The Morgan fingerprint density at radius 1 is 1.27 bits per heavy atom. The molecule has 5 nitrogen and oxygen atoms in total. The van der Waals surface area contributed by atoms with Gasteiger partial charge in [-0.05, 0) is 43.5 Å². The highest BCUT2D eigenvalue weighted by molar-refractivity contribution is 6.06. The van der Waals surface area contributed by atoms with Crippen LogP contribution >= 0.6 is 0 Å². The Kier molecular flexibility index (Phi) is 3.71. The van der Waals surface area contributed by atoms with E-state index in [0.29, 0.717) is 17.9 Å². The van der Waals surface area contributed by atoms with E-state index in [-0.39, 0.29) is 11.9 Å². The van der Waals surface area contributed by atoms with Gasteiger partial charge in [-0.3, -0.25) is 4.79 Å². The molecule has 0 radical (unpaired) electrons. The van der Waals surface area contributed by atoms with Crippen LogP contribution in [0.2, 0.25) is 0 Å². The number of benzene rings is 1. The first-order valence-electron chi connectivity index (χ1n) is 7.19. The maximum Gasteiger partial charge on any atom is 0.338 e. The number of anilines is 1. The lowest BCUT2D eigenvalue weighted by Gasteiger charge is -2.30. The lowest BCUT2D eigenvalue weighted by molar-refractivity contribution is 0.0599. The van der Waals surface area contributed by atoms with Crippen molar-refractivity contribution in [1.29, 1.82) is 0 Å². The maximum absolute atomic E-state index is 12.7. The highest BCUT2D eigenvalue weighted by atomic mass is 16.5. The summed E-state index contributed by atoms with van der Waals surface area (Å²) in [5.74, 6) is -0.206. The van der Waals surface area contributed by atoms with E-state index in [1.54, 1.807) is 23.1 Å². The van der Waals surface area contributed by atoms with Crippen LogP contribution in [-0.2, 0) is 11.2 Å². The molecule has 0 unspecified atom stereocenters. The number of carbonyl (C=O) groups is 2. The molecule has 114 valence electrons. The van der Waals surface area contributed by atoms with Crippen LogP contribution in [0, 0.1) is 6.92 Å². The molecule has 0 bridgehead atoms. The highest BCUT2D eigenvalue weighted by Crippen LogP contribution is 2.31. The van der Waals surface area contributed by atoms with Crippen molar-refractivity contribution in [3.05, 3.63) is 53.0 Å². The summed E-state index contributed by atoms with van der Waals surface area (Å²) in [4.78, 5) is 26.3. The number of hydrogen-bond donors (Lipinski definition) is 0. The minimum atomic E-state index is -0.375. The Balaban J connectivity index is 2.04. The molecule has 0 N–H and O–H groups in total. The number of amides is 1. The summed E-state index contributed by atoms with van der Waals surface area (Å²) in [5, 5.41) is 0. The molecule has 5 heteroatoms. The molecule has 1 amide bonds. The second-order valence-corrected chi connectivity index (χ2v) is 5.29. The van der Waals surface area contributed by atoms with Gasteiger partial charge in [-0.1, -0.05) is 6.07 Å². The van der Waals surface area contributed by atoms with Crippen molar-refractivity contribution in [2.24, 2.45) is 0 Å². The molecule has 0 aliphatic carbocycles. The zero-order valence-corrected chi connectivity index (χ0v) is 12.6. The second kappa shape index (κ2) is 5.67. The zero-order valence-electron chi connectivity index (χ0n) is 12.6. The molecular formula is C17H17NO4. The van der Waals surface area contributed by atoms with Crippen molar-refractivity contribution >= 4 is 17.6 Å². The Labute approximate surface area is 128 Å². The van der Waals surface area contributed by atoms with E-state index in [4.69, 9.17) is 9.15 Å². The van der Waals surface area contributed by atoms with E-state index in [0.717, 1.165) is 29.7 Å². The number of nitrogens with zero attached hydrogens (tertiary/aromatic N) is 1. The van der Waals surface area contributed by atoms with Crippen LogP contribution < -0.4 is 4.90 Å². The molecule has 0 fully saturated rings. The fourth-order valence-corrected chi connectivity index (χ4v) is 2.85. The number of aryl methyl sites for hydroxylation is 1. The number of carbonyl (C=O) groups excluding carboxylic acids is 2. The van der Waals surface area contributed by atoms with E-state index < -0.39 is 0 Å². The van der Waals surface area contributed by atoms with Crippen LogP contribution in [0.1, 0.15) is 38.5 Å². The number of ether oxygens (including phenoxy) is 1. The molecule has 1 aliphatic rings. The van der Waals surface area contributed by atoms with Gasteiger partial charge in [0.05, 0.1) is 18.9 Å². The molecule has 0 saturated carbocycles. The number of hydrogen-bond acceptors (Lipinski definition) is 4. The summed E-state index contributed by atoms with van der Waals surface area (Å²) in [6.07, 6.45) is 3.06. The second-order valence-electron chi connectivity index (χ2n) is 5.29. The average Bonchev–Trinajstić information content (AvgIpc) is 2.98. The van der Waals surface area contributed by atoms with E-state index >= 15 is 0 Å². The molecule has 1 aromatic carbocycles. The van der Waals surface area contributed by atoms with E-state index in [1.807, 2.05) is 13.0 Å². The average molecular weight is 299 g/mol. The van der Waals surface area contributed by atoms with Crippen molar-refractivity contribution in [1.82, 2.24) is 0 Å². The monoisotopic (exact) mass is 299 g/mol. The molecule has 2 aromatic rings. The molecular weight excluding hydrogens is 282 g/mol. The number of rotatable bonds is 2. The number of fused-ring (bicyclic) bond motifs is 1. The number of furan rings is 1. The Hall–Kier alpha value is -2.56. The van der Waals surface area contributed by atoms with Gasteiger partial charge in [-0.2, -0.15) is 0 Å². The van der Waals surface area contributed by atoms with Crippen LogP contribution in [0.4, 0.5) is 5.69 Å². The highest BCUT2D eigenvalue weighted by Gasteiger charge is 2.29. The Morgan fingerprint density at radius 3 is 2.77 bits per heavy atom. The fraction of sp³-hybridized carbons (Fsp3) is 0.294. The predicted octanol–water partition coefficient (Wildman–Crippen LogP) is 2.97. The van der Waals surface area contributed by atoms with Gasteiger partial charge < -0.3 is 14.1 Å². The van der Waals surface area contributed by atoms with Crippen LogP contribution in [-0.4, -0.2) is 25.5 Å². The first kappa shape index (κ1) is 14.4. The number of methoxy groups -OCH3 is 1. The van der Waals surface area contributed by atoms with E-state index in [1.165, 1.54) is 13.4 Å². The van der Waals surface area contributed by atoms with Gasteiger partial charge in [0.1, 0.15) is 0 Å².